The Kier molecular flexibility index (Phi) is 3.67. The van der Waals surface area contributed by atoms with Crippen LogP contribution in [0.2, 0.25) is 0 Å². The summed E-state index contributed by atoms with van der Waals surface area (Å²) in [5.74, 6) is -0.100. The number of carbonyl (C=O) groups is 1. The maximum absolute atomic E-state index is 12.3. The molecule has 0 aliphatic carbocycles. The molecule has 0 aliphatic heterocycles. The molecule has 1 heterocycles. The first-order chi connectivity index (χ1) is 9.02. The molecule has 0 saturated heterocycles. The van der Waals surface area contributed by atoms with E-state index in [1.54, 1.807) is 30.1 Å². The Bertz CT molecular complexity index is 658. The zero-order chi connectivity index (χ0) is 14.0. The highest BCUT2D eigenvalue weighted by Crippen LogP contribution is 2.25. The van der Waals surface area contributed by atoms with Gasteiger partial charge in [0.15, 0.2) is 5.13 Å². The minimum absolute atomic E-state index is 0.100. The van der Waals surface area contributed by atoms with Gasteiger partial charge in [0.1, 0.15) is 0 Å². The largest absolute Gasteiger partial charge is 0.375 e. The van der Waals surface area contributed by atoms with E-state index in [1.165, 1.54) is 11.3 Å². The summed E-state index contributed by atoms with van der Waals surface area (Å²) in [6, 6.07) is 7.28. The summed E-state index contributed by atoms with van der Waals surface area (Å²) in [5, 5.41) is 9.17. The molecule has 19 heavy (non-hydrogen) atoms. The molecule has 5 nitrogen and oxygen atoms in total. The number of nitriles is 1. The van der Waals surface area contributed by atoms with Crippen molar-refractivity contribution in [3.63, 3.8) is 0 Å². The molecule has 1 unspecified atom stereocenters. The predicted molar refractivity (Wildman–Crippen MR) is 75.8 cm³/mol. The van der Waals surface area contributed by atoms with E-state index in [0.717, 1.165) is 10.2 Å². The fraction of sp³-hybridized carbons (Fsp3) is 0.308. The smallest absolute Gasteiger partial charge is 0.253 e. The Hall–Kier alpha value is -2.13. The summed E-state index contributed by atoms with van der Waals surface area (Å²) < 4.78 is 0.893. The Balaban J connectivity index is 2.28. The SMILES string of the molecule is CC(CC#N)N(C)C(=O)c1ccc2nc(N)sc2c1. The molecular weight excluding hydrogens is 260 g/mol. The predicted octanol–water partition coefficient (Wildman–Crippen LogP) is 2.25. The molecule has 0 radical (unpaired) electrons. The van der Waals surface area contributed by atoms with Crippen molar-refractivity contribution < 1.29 is 4.79 Å². The molecule has 2 rings (SSSR count). The summed E-state index contributed by atoms with van der Waals surface area (Å²) in [6.45, 7) is 1.85. The normalized spacial score (nSPS) is 12.1. The van der Waals surface area contributed by atoms with Crippen molar-refractivity contribution in [2.75, 3.05) is 12.8 Å². The van der Waals surface area contributed by atoms with Gasteiger partial charge in [-0.2, -0.15) is 5.26 Å². The lowest BCUT2D eigenvalue weighted by atomic mass is 10.1. The van der Waals surface area contributed by atoms with E-state index < -0.39 is 0 Å². The third kappa shape index (κ3) is 2.66. The number of fused-ring (bicyclic) bond motifs is 1. The number of thiazole rings is 1. The van der Waals surface area contributed by atoms with Crippen LogP contribution < -0.4 is 5.73 Å². The third-order valence-electron chi connectivity index (χ3n) is 3.02. The van der Waals surface area contributed by atoms with Crippen molar-refractivity contribution in [1.29, 1.82) is 5.26 Å². The number of benzene rings is 1. The molecule has 0 spiro atoms. The second-order valence-electron chi connectivity index (χ2n) is 4.36. The summed E-state index contributed by atoms with van der Waals surface area (Å²) in [7, 11) is 1.70. The van der Waals surface area contributed by atoms with Gasteiger partial charge < -0.3 is 10.6 Å². The van der Waals surface area contributed by atoms with Crippen LogP contribution in [0.15, 0.2) is 18.2 Å². The molecule has 0 bridgehead atoms. The fourth-order valence-electron chi connectivity index (χ4n) is 1.75. The molecule has 98 valence electrons. The van der Waals surface area contributed by atoms with Crippen LogP contribution in [0.25, 0.3) is 10.2 Å². The van der Waals surface area contributed by atoms with Gasteiger partial charge in [0.25, 0.3) is 5.91 Å². The van der Waals surface area contributed by atoms with Crippen LogP contribution >= 0.6 is 11.3 Å². The molecule has 1 aromatic heterocycles. The number of nitrogens with two attached hydrogens (primary N) is 1. The molecular formula is C13H14N4OS. The lowest BCUT2D eigenvalue weighted by Gasteiger charge is -2.22. The van der Waals surface area contributed by atoms with Crippen molar-refractivity contribution in [3.05, 3.63) is 23.8 Å². The number of rotatable bonds is 3. The average molecular weight is 274 g/mol. The summed E-state index contributed by atoms with van der Waals surface area (Å²) >= 11 is 1.36. The third-order valence-corrected chi connectivity index (χ3v) is 3.87. The summed E-state index contributed by atoms with van der Waals surface area (Å²) in [6.07, 6.45) is 0.317. The second-order valence-corrected chi connectivity index (χ2v) is 5.42. The number of anilines is 1. The Morgan fingerprint density at radius 3 is 3.05 bits per heavy atom. The highest BCUT2D eigenvalue weighted by molar-refractivity contribution is 7.22. The van der Waals surface area contributed by atoms with E-state index in [9.17, 15) is 4.79 Å². The van der Waals surface area contributed by atoms with Gasteiger partial charge in [-0.15, -0.1) is 0 Å². The highest BCUT2D eigenvalue weighted by Gasteiger charge is 2.18. The number of carbonyl (C=O) groups excluding carboxylic acids is 1. The zero-order valence-corrected chi connectivity index (χ0v) is 11.6. The quantitative estimate of drug-likeness (QED) is 0.930. The van der Waals surface area contributed by atoms with Gasteiger partial charge >= 0.3 is 0 Å². The van der Waals surface area contributed by atoms with E-state index in [2.05, 4.69) is 11.1 Å². The van der Waals surface area contributed by atoms with Crippen molar-refractivity contribution in [1.82, 2.24) is 9.88 Å². The van der Waals surface area contributed by atoms with Gasteiger partial charge in [0.2, 0.25) is 0 Å². The average Bonchev–Trinajstić information content (AvgIpc) is 2.76. The molecule has 6 heteroatoms. The van der Waals surface area contributed by atoms with Crippen LogP contribution in [0.1, 0.15) is 23.7 Å². The van der Waals surface area contributed by atoms with Crippen molar-refractivity contribution >= 4 is 32.6 Å². The number of hydrogen-bond donors (Lipinski definition) is 1. The minimum Gasteiger partial charge on any atom is -0.375 e. The van der Waals surface area contributed by atoms with Crippen molar-refractivity contribution in [2.24, 2.45) is 0 Å². The standard InChI is InChI=1S/C13H14N4OS/c1-8(5-6-14)17(2)12(18)9-3-4-10-11(7-9)19-13(15)16-10/h3-4,7-8H,5H2,1-2H3,(H2,15,16). The number of amides is 1. The van der Waals surface area contributed by atoms with Crippen LogP contribution in [-0.2, 0) is 0 Å². The zero-order valence-electron chi connectivity index (χ0n) is 10.8. The van der Waals surface area contributed by atoms with E-state index in [1.807, 2.05) is 6.92 Å². The molecule has 0 fully saturated rings. The first kappa shape index (κ1) is 13.3. The topological polar surface area (TPSA) is 83.0 Å². The molecule has 0 aliphatic rings. The Labute approximate surface area is 115 Å². The molecule has 2 aromatic rings. The van der Waals surface area contributed by atoms with Gasteiger partial charge in [-0.3, -0.25) is 4.79 Å². The van der Waals surface area contributed by atoms with Crippen molar-refractivity contribution in [2.45, 2.75) is 19.4 Å². The second kappa shape index (κ2) is 5.24. The molecule has 1 atom stereocenters. The van der Waals surface area contributed by atoms with Gasteiger partial charge in [-0.05, 0) is 25.1 Å². The van der Waals surface area contributed by atoms with E-state index >= 15 is 0 Å². The van der Waals surface area contributed by atoms with Crippen LogP contribution in [-0.4, -0.2) is 28.9 Å². The van der Waals surface area contributed by atoms with Gasteiger partial charge in [0, 0.05) is 18.7 Å². The lowest BCUT2D eigenvalue weighted by molar-refractivity contribution is 0.0746. The van der Waals surface area contributed by atoms with Gasteiger partial charge in [-0.1, -0.05) is 11.3 Å². The first-order valence-corrected chi connectivity index (χ1v) is 6.64. The van der Waals surface area contributed by atoms with Crippen LogP contribution in [0.5, 0.6) is 0 Å². The molecule has 1 aromatic carbocycles. The highest BCUT2D eigenvalue weighted by atomic mass is 32.1. The first-order valence-electron chi connectivity index (χ1n) is 5.83. The maximum atomic E-state index is 12.3. The fourth-order valence-corrected chi connectivity index (χ4v) is 2.52. The Morgan fingerprint density at radius 1 is 1.63 bits per heavy atom. The summed E-state index contributed by atoms with van der Waals surface area (Å²) in [5.41, 5.74) is 7.02. The maximum Gasteiger partial charge on any atom is 0.253 e. The van der Waals surface area contributed by atoms with E-state index in [4.69, 9.17) is 11.0 Å². The number of aromatic nitrogens is 1. The number of nitrogen functional groups attached to an aromatic ring is 1. The van der Waals surface area contributed by atoms with Crippen LogP contribution in [0.4, 0.5) is 5.13 Å². The van der Waals surface area contributed by atoms with E-state index in [-0.39, 0.29) is 11.9 Å². The molecule has 0 saturated carbocycles. The molecule has 2 N–H and O–H groups in total. The van der Waals surface area contributed by atoms with Gasteiger partial charge in [0.05, 0.1) is 22.7 Å². The molecule has 1 amide bonds. The van der Waals surface area contributed by atoms with Crippen molar-refractivity contribution in [3.8, 4) is 6.07 Å². The summed E-state index contributed by atoms with van der Waals surface area (Å²) in [4.78, 5) is 18.0. The minimum atomic E-state index is -0.111. The lowest BCUT2D eigenvalue weighted by Crippen LogP contribution is -2.34. The Morgan fingerprint density at radius 2 is 2.37 bits per heavy atom. The monoisotopic (exact) mass is 274 g/mol. The van der Waals surface area contributed by atoms with E-state index in [0.29, 0.717) is 17.1 Å². The number of hydrogen-bond acceptors (Lipinski definition) is 5. The van der Waals surface area contributed by atoms with Crippen LogP contribution in [0.3, 0.4) is 0 Å². The van der Waals surface area contributed by atoms with Crippen LogP contribution in [0, 0.1) is 11.3 Å². The van der Waals surface area contributed by atoms with Gasteiger partial charge in [-0.25, -0.2) is 4.98 Å². The number of nitrogens with zero attached hydrogens (tertiary/aromatic N) is 3.